The van der Waals surface area contributed by atoms with Crippen LogP contribution in [0.15, 0.2) is 24.3 Å². The van der Waals surface area contributed by atoms with Crippen molar-refractivity contribution < 1.29 is 4.79 Å². The summed E-state index contributed by atoms with van der Waals surface area (Å²) < 4.78 is 0. The molecular weight excluding hydrogens is 288 g/mol. The van der Waals surface area contributed by atoms with E-state index in [1.807, 2.05) is 11.0 Å². The van der Waals surface area contributed by atoms with Crippen molar-refractivity contribution in [2.24, 2.45) is 0 Å². The largest absolute Gasteiger partial charge is 0.322 e. The summed E-state index contributed by atoms with van der Waals surface area (Å²) >= 11 is 0. The molecule has 2 heterocycles. The lowest BCUT2D eigenvalue weighted by atomic mass is 10.1. The third-order valence-corrected chi connectivity index (χ3v) is 4.80. The fourth-order valence-corrected chi connectivity index (χ4v) is 3.59. The van der Waals surface area contributed by atoms with Crippen molar-refractivity contribution in [1.82, 2.24) is 9.80 Å². The Morgan fingerprint density at radius 1 is 1.22 bits per heavy atom. The van der Waals surface area contributed by atoms with Gasteiger partial charge < -0.3 is 15.1 Å². The van der Waals surface area contributed by atoms with E-state index >= 15 is 0 Å². The Bertz CT molecular complexity index is 589. The summed E-state index contributed by atoms with van der Waals surface area (Å²) in [5.41, 5.74) is 1.26. The van der Waals surface area contributed by atoms with Gasteiger partial charge in [0.05, 0.1) is 11.6 Å². The van der Waals surface area contributed by atoms with Crippen LogP contribution in [0.4, 0.5) is 10.5 Å². The lowest BCUT2D eigenvalue weighted by Gasteiger charge is -2.33. The van der Waals surface area contributed by atoms with Crippen molar-refractivity contribution in [2.75, 3.05) is 31.5 Å². The van der Waals surface area contributed by atoms with E-state index < -0.39 is 0 Å². The van der Waals surface area contributed by atoms with Gasteiger partial charge >= 0.3 is 6.03 Å². The summed E-state index contributed by atoms with van der Waals surface area (Å²) in [4.78, 5) is 17.0. The van der Waals surface area contributed by atoms with E-state index in [9.17, 15) is 4.79 Å². The van der Waals surface area contributed by atoms with E-state index in [0.717, 1.165) is 39.0 Å². The molecule has 3 rings (SSSR count). The first-order valence-electron chi connectivity index (χ1n) is 8.56. The second-order valence-electron chi connectivity index (χ2n) is 6.47. The van der Waals surface area contributed by atoms with E-state index in [1.54, 1.807) is 18.2 Å². The van der Waals surface area contributed by atoms with E-state index in [2.05, 4.69) is 16.3 Å². The van der Waals surface area contributed by atoms with Crippen molar-refractivity contribution in [2.45, 2.75) is 38.1 Å². The second-order valence-corrected chi connectivity index (χ2v) is 6.47. The maximum atomic E-state index is 12.6. The SMILES string of the molecule is N#Cc1cccc(NC(=O)N2CCCC2CN2CCCCC2)c1. The van der Waals surface area contributed by atoms with Crippen LogP contribution in [0.2, 0.25) is 0 Å². The van der Waals surface area contributed by atoms with Gasteiger partial charge in [0.1, 0.15) is 0 Å². The smallest absolute Gasteiger partial charge is 0.320 e. The topological polar surface area (TPSA) is 59.4 Å². The van der Waals surface area contributed by atoms with E-state index in [-0.39, 0.29) is 6.03 Å². The first-order valence-corrected chi connectivity index (χ1v) is 8.56. The summed E-state index contributed by atoms with van der Waals surface area (Å²) in [7, 11) is 0. The van der Waals surface area contributed by atoms with Crippen LogP contribution in [0.3, 0.4) is 0 Å². The van der Waals surface area contributed by atoms with Crippen LogP contribution in [0, 0.1) is 11.3 Å². The molecule has 2 saturated heterocycles. The molecule has 0 spiro atoms. The molecule has 122 valence electrons. The standard InChI is InChI=1S/C18H24N4O/c19-13-15-6-4-7-16(12-15)20-18(23)22-11-5-8-17(22)14-21-9-2-1-3-10-21/h4,6-7,12,17H,1-3,5,8-11,14H2,(H,20,23). The number of urea groups is 1. The van der Waals surface area contributed by atoms with Gasteiger partial charge in [0.15, 0.2) is 0 Å². The monoisotopic (exact) mass is 312 g/mol. The second kappa shape index (κ2) is 7.47. The minimum absolute atomic E-state index is 0.0420. The third kappa shape index (κ3) is 4.02. The number of nitriles is 1. The average molecular weight is 312 g/mol. The third-order valence-electron chi connectivity index (χ3n) is 4.80. The Kier molecular flexibility index (Phi) is 5.14. The molecular formula is C18H24N4O. The quantitative estimate of drug-likeness (QED) is 0.933. The summed E-state index contributed by atoms with van der Waals surface area (Å²) in [5, 5.41) is 11.9. The van der Waals surface area contributed by atoms with Gasteiger partial charge in [0, 0.05) is 24.8 Å². The molecule has 0 bridgehead atoms. The molecule has 1 unspecified atom stereocenters. The molecule has 2 aliphatic heterocycles. The van der Waals surface area contributed by atoms with E-state index in [4.69, 9.17) is 5.26 Å². The van der Waals surface area contributed by atoms with Gasteiger partial charge in [-0.1, -0.05) is 12.5 Å². The number of rotatable bonds is 3. The van der Waals surface area contributed by atoms with Crippen LogP contribution in [-0.2, 0) is 0 Å². The minimum Gasteiger partial charge on any atom is -0.320 e. The molecule has 23 heavy (non-hydrogen) atoms. The van der Waals surface area contributed by atoms with Crippen molar-refractivity contribution in [3.63, 3.8) is 0 Å². The summed E-state index contributed by atoms with van der Waals surface area (Å²) in [6, 6.07) is 9.45. The number of benzene rings is 1. The zero-order valence-electron chi connectivity index (χ0n) is 13.5. The first-order chi connectivity index (χ1) is 11.3. The number of hydrogen-bond donors (Lipinski definition) is 1. The molecule has 1 N–H and O–H groups in total. The Morgan fingerprint density at radius 3 is 2.83 bits per heavy atom. The number of nitrogens with one attached hydrogen (secondary N) is 1. The van der Waals surface area contributed by atoms with E-state index in [0.29, 0.717) is 17.3 Å². The highest BCUT2D eigenvalue weighted by atomic mass is 16.2. The molecule has 2 fully saturated rings. The van der Waals surface area contributed by atoms with Crippen LogP contribution in [0.5, 0.6) is 0 Å². The summed E-state index contributed by atoms with van der Waals surface area (Å²) in [5.74, 6) is 0. The first kappa shape index (κ1) is 15.8. The zero-order valence-corrected chi connectivity index (χ0v) is 13.5. The number of hydrogen-bond acceptors (Lipinski definition) is 3. The number of carbonyl (C=O) groups excluding carboxylic acids is 1. The Hall–Kier alpha value is -2.06. The minimum atomic E-state index is -0.0420. The molecule has 1 atom stereocenters. The van der Waals surface area contributed by atoms with Gasteiger partial charge in [-0.25, -0.2) is 4.79 Å². The van der Waals surface area contributed by atoms with Crippen molar-refractivity contribution in [1.29, 1.82) is 5.26 Å². The van der Waals surface area contributed by atoms with Gasteiger partial charge in [0.2, 0.25) is 0 Å². The number of likely N-dealkylation sites (tertiary alicyclic amines) is 2. The lowest BCUT2D eigenvalue weighted by Crippen LogP contribution is -2.46. The molecule has 0 saturated carbocycles. The summed E-state index contributed by atoms with van der Waals surface area (Å²) in [6.07, 6.45) is 6.05. The van der Waals surface area contributed by atoms with Crippen molar-refractivity contribution >= 4 is 11.7 Å². The summed E-state index contributed by atoms with van der Waals surface area (Å²) in [6.45, 7) is 4.14. The zero-order chi connectivity index (χ0) is 16.1. The van der Waals surface area contributed by atoms with Gasteiger partial charge in [-0.2, -0.15) is 5.26 Å². The highest BCUT2D eigenvalue weighted by Gasteiger charge is 2.30. The normalized spacial score (nSPS) is 21.9. The number of nitrogens with zero attached hydrogens (tertiary/aromatic N) is 3. The van der Waals surface area contributed by atoms with E-state index in [1.165, 1.54) is 19.3 Å². The Labute approximate surface area is 137 Å². The number of anilines is 1. The van der Waals surface area contributed by atoms with Crippen molar-refractivity contribution in [3.8, 4) is 6.07 Å². The van der Waals surface area contributed by atoms with Crippen molar-refractivity contribution in [3.05, 3.63) is 29.8 Å². The van der Waals surface area contributed by atoms with Crippen LogP contribution in [0.1, 0.15) is 37.7 Å². The molecule has 0 radical (unpaired) electrons. The predicted octanol–water partition coefficient (Wildman–Crippen LogP) is 3.04. The van der Waals surface area contributed by atoms with Crippen LogP contribution in [-0.4, -0.2) is 48.1 Å². The number of amides is 2. The molecule has 0 aromatic heterocycles. The van der Waals surface area contributed by atoms with Gasteiger partial charge in [0.25, 0.3) is 0 Å². The molecule has 1 aromatic carbocycles. The molecule has 5 heteroatoms. The highest BCUT2D eigenvalue weighted by molar-refractivity contribution is 5.89. The number of piperidine rings is 1. The molecule has 1 aromatic rings. The van der Waals surface area contributed by atoms with Gasteiger partial charge in [-0.15, -0.1) is 0 Å². The molecule has 2 aliphatic rings. The molecule has 0 aliphatic carbocycles. The Morgan fingerprint density at radius 2 is 2.04 bits per heavy atom. The maximum absolute atomic E-state index is 12.6. The number of carbonyl (C=O) groups is 1. The molecule has 2 amide bonds. The fraction of sp³-hybridized carbons (Fsp3) is 0.556. The van der Waals surface area contributed by atoms with Crippen LogP contribution < -0.4 is 5.32 Å². The molecule has 5 nitrogen and oxygen atoms in total. The Balaban J connectivity index is 1.60. The highest BCUT2D eigenvalue weighted by Crippen LogP contribution is 2.21. The van der Waals surface area contributed by atoms with Crippen LogP contribution in [0.25, 0.3) is 0 Å². The fourth-order valence-electron chi connectivity index (χ4n) is 3.59. The lowest BCUT2D eigenvalue weighted by molar-refractivity contribution is 0.161. The predicted molar refractivity (Wildman–Crippen MR) is 90.2 cm³/mol. The maximum Gasteiger partial charge on any atom is 0.322 e. The van der Waals surface area contributed by atoms with Gasteiger partial charge in [-0.05, 0) is 57.0 Å². The average Bonchev–Trinajstić information content (AvgIpc) is 3.04. The van der Waals surface area contributed by atoms with Gasteiger partial charge in [-0.3, -0.25) is 0 Å². The van der Waals surface area contributed by atoms with Crippen LogP contribution >= 0.6 is 0 Å².